The van der Waals surface area contributed by atoms with Crippen LogP contribution in [0, 0.1) is 5.92 Å². The van der Waals surface area contributed by atoms with Crippen LogP contribution in [0.5, 0.6) is 0 Å². The van der Waals surface area contributed by atoms with Gasteiger partial charge in [0, 0.05) is 5.92 Å². The molecule has 0 aliphatic heterocycles. The number of benzene rings is 2. The largest absolute Gasteiger partial charge is 0.480 e. The van der Waals surface area contributed by atoms with Crippen LogP contribution >= 0.6 is 0 Å². The van der Waals surface area contributed by atoms with Crippen LogP contribution in [-0.2, 0) is 14.3 Å². The van der Waals surface area contributed by atoms with E-state index >= 15 is 0 Å². The monoisotopic (exact) mass is 424 g/mol. The Morgan fingerprint density at radius 3 is 2.00 bits per heavy atom. The van der Waals surface area contributed by atoms with Gasteiger partial charge in [-0.05, 0) is 42.0 Å². The van der Waals surface area contributed by atoms with E-state index in [-0.39, 0.29) is 18.4 Å². The van der Waals surface area contributed by atoms with Crippen LogP contribution < -0.4 is 10.6 Å². The van der Waals surface area contributed by atoms with Gasteiger partial charge in [-0.3, -0.25) is 4.79 Å². The fourth-order valence-electron chi connectivity index (χ4n) is 3.78. The highest BCUT2D eigenvalue weighted by molar-refractivity contribution is 5.92. The van der Waals surface area contributed by atoms with Gasteiger partial charge in [0.25, 0.3) is 0 Å². The van der Waals surface area contributed by atoms with Crippen molar-refractivity contribution in [3.63, 3.8) is 0 Å². The molecule has 2 aromatic rings. The third-order valence-corrected chi connectivity index (χ3v) is 5.55. The zero-order valence-electron chi connectivity index (χ0n) is 18.1. The van der Waals surface area contributed by atoms with Gasteiger partial charge in [-0.2, -0.15) is 0 Å². The van der Waals surface area contributed by atoms with Crippen molar-refractivity contribution in [3.8, 4) is 11.1 Å². The molecule has 1 atom stereocenters. The fraction of sp³-hybridized carbons (Fsp3) is 0.375. The number of aliphatic carboxylic acids is 1. The van der Waals surface area contributed by atoms with Gasteiger partial charge in [-0.15, -0.1) is 0 Å². The summed E-state index contributed by atoms with van der Waals surface area (Å²) in [5, 5.41) is 14.3. The minimum Gasteiger partial charge on any atom is -0.480 e. The molecule has 0 saturated heterocycles. The highest BCUT2D eigenvalue weighted by atomic mass is 16.5. The third kappa shape index (κ3) is 4.71. The average molecular weight is 424 g/mol. The summed E-state index contributed by atoms with van der Waals surface area (Å²) < 4.78 is 5.48. The molecule has 7 nitrogen and oxygen atoms in total. The van der Waals surface area contributed by atoms with Crippen molar-refractivity contribution in [1.29, 1.82) is 0 Å². The van der Waals surface area contributed by atoms with Crippen LogP contribution in [0.15, 0.2) is 48.5 Å². The molecule has 1 aliphatic carbocycles. The Morgan fingerprint density at radius 1 is 1.00 bits per heavy atom. The third-order valence-electron chi connectivity index (χ3n) is 5.55. The number of carbonyl (C=O) groups excluding carboxylic acids is 2. The van der Waals surface area contributed by atoms with Crippen LogP contribution in [-0.4, -0.2) is 41.3 Å². The van der Waals surface area contributed by atoms with Gasteiger partial charge in [-0.25, -0.2) is 9.59 Å². The lowest BCUT2D eigenvalue weighted by Gasteiger charge is -2.28. The Hall–Kier alpha value is -3.35. The second kappa shape index (κ2) is 8.79. The number of carbonyl (C=O) groups is 3. The molecular formula is C24H28N2O5. The van der Waals surface area contributed by atoms with Gasteiger partial charge in [0.15, 0.2) is 0 Å². The van der Waals surface area contributed by atoms with Crippen molar-refractivity contribution in [2.24, 2.45) is 5.92 Å². The van der Waals surface area contributed by atoms with E-state index in [4.69, 9.17) is 4.74 Å². The highest BCUT2D eigenvalue weighted by Crippen LogP contribution is 2.44. The second-order valence-corrected chi connectivity index (χ2v) is 8.61. The normalized spacial score (nSPS) is 13.8. The van der Waals surface area contributed by atoms with Gasteiger partial charge >= 0.3 is 12.1 Å². The smallest absolute Gasteiger partial charge is 0.408 e. The number of ether oxygens (including phenoxy) is 1. The molecule has 1 unspecified atom stereocenters. The van der Waals surface area contributed by atoms with Crippen LogP contribution in [0.1, 0.15) is 44.7 Å². The van der Waals surface area contributed by atoms with Crippen LogP contribution in [0.4, 0.5) is 4.79 Å². The fourth-order valence-corrected chi connectivity index (χ4v) is 3.78. The molecule has 2 aromatic carbocycles. The zero-order chi connectivity index (χ0) is 22.8. The summed E-state index contributed by atoms with van der Waals surface area (Å²) in [5.74, 6) is -2.11. The molecule has 0 spiro atoms. The minimum absolute atomic E-state index is 0.0904. The topological polar surface area (TPSA) is 105 Å². The number of nitrogens with one attached hydrogen (secondary N) is 2. The van der Waals surface area contributed by atoms with E-state index in [1.54, 1.807) is 13.8 Å². The van der Waals surface area contributed by atoms with E-state index in [0.29, 0.717) is 0 Å². The molecule has 0 aromatic heterocycles. The Labute approximate surface area is 181 Å². The Morgan fingerprint density at radius 2 is 1.52 bits per heavy atom. The molecule has 164 valence electrons. The van der Waals surface area contributed by atoms with Crippen molar-refractivity contribution in [3.05, 3.63) is 59.7 Å². The van der Waals surface area contributed by atoms with Gasteiger partial charge in [-0.1, -0.05) is 62.4 Å². The molecular weight excluding hydrogens is 396 g/mol. The summed E-state index contributed by atoms with van der Waals surface area (Å²) >= 11 is 0. The summed E-state index contributed by atoms with van der Waals surface area (Å²) in [6.45, 7) is 6.53. The van der Waals surface area contributed by atoms with Crippen molar-refractivity contribution in [2.45, 2.75) is 45.2 Å². The number of amides is 2. The maximum atomic E-state index is 12.6. The van der Waals surface area contributed by atoms with E-state index in [1.807, 2.05) is 36.4 Å². The lowest BCUT2D eigenvalue weighted by Crippen LogP contribution is -2.58. The summed E-state index contributed by atoms with van der Waals surface area (Å²) in [6, 6.07) is 15.0. The molecule has 1 aliphatic rings. The lowest BCUT2D eigenvalue weighted by molar-refractivity contribution is -0.144. The van der Waals surface area contributed by atoms with E-state index in [2.05, 4.69) is 22.8 Å². The Balaban J connectivity index is 1.65. The number of carboxylic acid groups (broad SMARTS) is 1. The number of fused-ring (bicyclic) bond motifs is 3. The number of hydrogen-bond donors (Lipinski definition) is 3. The molecule has 31 heavy (non-hydrogen) atoms. The molecule has 2 amide bonds. The summed E-state index contributed by atoms with van der Waals surface area (Å²) in [4.78, 5) is 36.4. The SMILES string of the molecule is CC(C)C(NC(=O)C(C)(C)NC(=O)OCC1c2ccccc2-c2ccccc21)C(=O)O. The predicted molar refractivity (Wildman–Crippen MR) is 117 cm³/mol. The molecule has 0 bridgehead atoms. The van der Waals surface area contributed by atoms with Gasteiger partial charge in [0.1, 0.15) is 18.2 Å². The molecule has 7 heteroatoms. The molecule has 3 rings (SSSR count). The molecule has 0 heterocycles. The zero-order valence-corrected chi connectivity index (χ0v) is 18.1. The quantitative estimate of drug-likeness (QED) is 0.631. The Kier molecular flexibility index (Phi) is 6.34. The highest BCUT2D eigenvalue weighted by Gasteiger charge is 2.35. The summed E-state index contributed by atoms with van der Waals surface area (Å²) in [6.07, 6.45) is -0.738. The predicted octanol–water partition coefficient (Wildman–Crippen LogP) is 3.53. The van der Waals surface area contributed by atoms with Crippen molar-refractivity contribution in [1.82, 2.24) is 10.6 Å². The lowest BCUT2D eigenvalue weighted by atomic mass is 9.98. The maximum Gasteiger partial charge on any atom is 0.408 e. The van der Waals surface area contributed by atoms with Crippen LogP contribution in [0.25, 0.3) is 11.1 Å². The average Bonchev–Trinajstić information content (AvgIpc) is 3.03. The summed E-state index contributed by atoms with van der Waals surface area (Å²) in [5.41, 5.74) is 3.09. The number of hydrogen-bond acceptors (Lipinski definition) is 4. The van der Waals surface area contributed by atoms with E-state index < -0.39 is 29.6 Å². The molecule has 0 fully saturated rings. The van der Waals surface area contributed by atoms with Crippen LogP contribution in [0.3, 0.4) is 0 Å². The number of rotatable bonds is 7. The Bertz CT molecular complexity index is 953. The first kappa shape index (κ1) is 22.3. The number of alkyl carbamates (subject to hydrolysis) is 1. The maximum absolute atomic E-state index is 12.6. The second-order valence-electron chi connectivity index (χ2n) is 8.61. The van der Waals surface area contributed by atoms with Gasteiger partial charge < -0.3 is 20.5 Å². The first-order chi connectivity index (χ1) is 14.6. The summed E-state index contributed by atoms with van der Waals surface area (Å²) in [7, 11) is 0. The van der Waals surface area contributed by atoms with Crippen LogP contribution in [0.2, 0.25) is 0 Å². The first-order valence-corrected chi connectivity index (χ1v) is 10.3. The standard InChI is InChI=1S/C24H28N2O5/c1-14(2)20(21(27)28)25-22(29)24(3,4)26-23(30)31-13-19-17-11-7-5-9-15(17)16-10-6-8-12-18(16)19/h5-12,14,19-20H,13H2,1-4H3,(H,25,29)(H,26,30)(H,27,28). The van der Waals surface area contributed by atoms with Gasteiger partial charge in [0.05, 0.1) is 0 Å². The minimum atomic E-state index is -1.34. The molecule has 0 radical (unpaired) electrons. The van der Waals surface area contributed by atoms with Gasteiger partial charge in [0.2, 0.25) is 5.91 Å². The molecule has 0 saturated carbocycles. The van der Waals surface area contributed by atoms with E-state index in [9.17, 15) is 19.5 Å². The van der Waals surface area contributed by atoms with Crippen molar-refractivity contribution in [2.75, 3.05) is 6.61 Å². The number of carboxylic acids is 1. The molecule has 3 N–H and O–H groups in total. The van der Waals surface area contributed by atoms with Crippen molar-refractivity contribution >= 4 is 18.0 Å². The first-order valence-electron chi connectivity index (χ1n) is 10.3. The van der Waals surface area contributed by atoms with E-state index in [0.717, 1.165) is 22.3 Å². The van der Waals surface area contributed by atoms with Crippen molar-refractivity contribution < 1.29 is 24.2 Å². The van der Waals surface area contributed by atoms with E-state index in [1.165, 1.54) is 13.8 Å².